The summed E-state index contributed by atoms with van der Waals surface area (Å²) < 4.78 is 39.3. The molecule has 0 aromatic rings. The van der Waals surface area contributed by atoms with Crippen molar-refractivity contribution >= 4 is 0 Å². The highest BCUT2D eigenvalue weighted by atomic mass is 19.4. The number of halogens is 3. The third kappa shape index (κ3) is 9.71. The van der Waals surface area contributed by atoms with Gasteiger partial charge in [0.15, 0.2) is 0 Å². The second-order valence-electron chi connectivity index (χ2n) is 2.39. The Morgan fingerprint density at radius 3 is 2.42 bits per heavy atom. The van der Waals surface area contributed by atoms with Gasteiger partial charge in [0.1, 0.15) is 0 Å². The van der Waals surface area contributed by atoms with E-state index in [1.54, 1.807) is 0 Å². The Kier molecular flexibility index (Phi) is 6.10. The molecular formula is C7H14F3NO. The summed E-state index contributed by atoms with van der Waals surface area (Å²) in [4.78, 5) is 0. The van der Waals surface area contributed by atoms with E-state index in [0.717, 1.165) is 12.8 Å². The van der Waals surface area contributed by atoms with E-state index in [2.05, 4.69) is 0 Å². The van der Waals surface area contributed by atoms with Gasteiger partial charge in [-0.05, 0) is 6.42 Å². The van der Waals surface area contributed by atoms with E-state index in [1.807, 2.05) is 6.92 Å². The van der Waals surface area contributed by atoms with E-state index in [4.69, 9.17) is 4.74 Å². The summed E-state index contributed by atoms with van der Waals surface area (Å²) in [5, 5.41) is 1.37. The molecule has 0 aliphatic carbocycles. The average Bonchev–Trinajstić information content (AvgIpc) is 1.94. The van der Waals surface area contributed by atoms with E-state index < -0.39 is 6.30 Å². The van der Waals surface area contributed by atoms with Crippen molar-refractivity contribution in [3.05, 3.63) is 0 Å². The molecule has 0 spiro atoms. The van der Waals surface area contributed by atoms with Crippen LogP contribution in [0.25, 0.3) is 0 Å². The Morgan fingerprint density at radius 1 is 1.25 bits per heavy atom. The van der Waals surface area contributed by atoms with E-state index in [1.165, 1.54) is 5.32 Å². The van der Waals surface area contributed by atoms with Gasteiger partial charge in [-0.2, -0.15) is 13.2 Å². The molecule has 0 aromatic heterocycles. The molecule has 0 bridgehead atoms. The highest BCUT2D eigenvalue weighted by Gasteiger charge is 2.25. The number of rotatable bonds is 6. The number of unbranched alkanes of at least 4 members (excludes halogenated alkanes) is 1. The predicted molar refractivity (Wildman–Crippen MR) is 39.8 cm³/mol. The summed E-state index contributed by atoms with van der Waals surface area (Å²) in [5.41, 5.74) is 0. The lowest BCUT2D eigenvalue weighted by Crippen LogP contribution is -2.34. The summed E-state index contributed by atoms with van der Waals surface area (Å²) in [6, 6.07) is 0. The zero-order chi connectivity index (χ0) is 9.45. The predicted octanol–water partition coefficient (Wildman–Crippen LogP) is 1.91. The molecule has 74 valence electrons. The molecule has 2 nitrogen and oxygen atoms in total. The molecule has 0 rings (SSSR count). The average molecular weight is 185 g/mol. The first-order valence-corrected chi connectivity index (χ1v) is 3.95. The molecule has 0 aliphatic rings. The monoisotopic (exact) mass is 185 g/mol. The summed E-state index contributed by atoms with van der Waals surface area (Å²) >= 11 is 0. The van der Waals surface area contributed by atoms with Crippen molar-refractivity contribution in [2.24, 2.45) is 0 Å². The first-order valence-electron chi connectivity index (χ1n) is 3.95. The summed E-state index contributed by atoms with van der Waals surface area (Å²) in [5.74, 6) is 0. The maximum atomic E-state index is 11.5. The normalized spacial score (nSPS) is 12.0. The molecule has 0 atom stereocenters. The van der Waals surface area contributed by atoms with E-state index in [0.29, 0.717) is 6.61 Å². The molecule has 0 saturated carbocycles. The van der Waals surface area contributed by atoms with Crippen molar-refractivity contribution in [1.29, 1.82) is 0 Å². The topological polar surface area (TPSA) is 21.3 Å². The van der Waals surface area contributed by atoms with Crippen LogP contribution >= 0.6 is 0 Å². The summed E-state index contributed by atoms with van der Waals surface area (Å²) in [7, 11) is 0. The Morgan fingerprint density at radius 2 is 1.92 bits per heavy atom. The van der Waals surface area contributed by atoms with Crippen LogP contribution in [0.2, 0.25) is 0 Å². The van der Waals surface area contributed by atoms with Gasteiger partial charge in [0, 0.05) is 13.2 Å². The van der Waals surface area contributed by atoms with Gasteiger partial charge < -0.3 is 4.74 Å². The Labute approximate surface area is 70.1 Å². The quantitative estimate of drug-likeness (QED) is 0.504. The highest BCUT2D eigenvalue weighted by Crippen LogP contribution is 2.08. The van der Waals surface area contributed by atoms with Crippen molar-refractivity contribution in [3.8, 4) is 0 Å². The molecule has 0 saturated heterocycles. The number of ether oxygens (including phenoxy) is 1. The van der Waals surface area contributed by atoms with Crippen molar-refractivity contribution in [1.82, 2.24) is 5.32 Å². The molecule has 0 fully saturated rings. The fraction of sp³-hybridized carbons (Fsp3) is 1.00. The van der Waals surface area contributed by atoms with Crippen LogP contribution in [0, 0.1) is 0 Å². The Bertz CT molecular complexity index is 105. The fourth-order valence-electron chi connectivity index (χ4n) is 0.613. The minimum atomic E-state index is -4.28. The molecule has 0 amide bonds. The minimum Gasteiger partial charge on any atom is -0.380 e. The maximum Gasteiger partial charge on any atom is 0.457 e. The smallest absolute Gasteiger partial charge is 0.380 e. The van der Waals surface area contributed by atoms with Gasteiger partial charge in [-0.15, -0.1) is 0 Å². The standard InChI is InChI=1S/C7H14F3NO/c1-2-3-5-12-6-4-11-7(8,9)10/h11H,2-6H2,1H3. The zero-order valence-electron chi connectivity index (χ0n) is 7.08. The van der Waals surface area contributed by atoms with Crippen molar-refractivity contribution in [2.75, 3.05) is 19.8 Å². The molecule has 5 heteroatoms. The number of alkyl halides is 3. The van der Waals surface area contributed by atoms with Gasteiger partial charge in [0.25, 0.3) is 0 Å². The van der Waals surface area contributed by atoms with Crippen LogP contribution in [0.4, 0.5) is 13.2 Å². The molecule has 0 aromatic carbocycles. The molecule has 0 heterocycles. The molecule has 0 radical (unpaired) electrons. The summed E-state index contributed by atoms with van der Waals surface area (Å²) in [6.45, 7) is 2.47. The van der Waals surface area contributed by atoms with Crippen molar-refractivity contribution in [2.45, 2.75) is 26.1 Å². The van der Waals surface area contributed by atoms with Gasteiger partial charge in [-0.1, -0.05) is 13.3 Å². The van der Waals surface area contributed by atoms with Crippen molar-refractivity contribution < 1.29 is 17.9 Å². The van der Waals surface area contributed by atoms with Crippen LogP contribution < -0.4 is 5.32 Å². The zero-order valence-corrected chi connectivity index (χ0v) is 7.08. The van der Waals surface area contributed by atoms with Gasteiger partial charge in [-0.25, -0.2) is 5.32 Å². The van der Waals surface area contributed by atoms with Crippen LogP contribution in [-0.2, 0) is 4.74 Å². The Balaban J connectivity index is 3.01. The van der Waals surface area contributed by atoms with Gasteiger partial charge in [0.2, 0.25) is 0 Å². The van der Waals surface area contributed by atoms with Gasteiger partial charge >= 0.3 is 6.30 Å². The Hall–Kier alpha value is -0.290. The molecule has 0 aliphatic heterocycles. The van der Waals surface area contributed by atoms with E-state index in [9.17, 15) is 13.2 Å². The van der Waals surface area contributed by atoms with E-state index in [-0.39, 0.29) is 13.2 Å². The highest BCUT2D eigenvalue weighted by molar-refractivity contribution is 4.47. The SMILES string of the molecule is CCCCOCCNC(F)(F)F. The first-order chi connectivity index (χ1) is 5.56. The summed E-state index contributed by atoms with van der Waals surface area (Å²) in [6.07, 6.45) is -2.40. The molecule has 12 heavy (non-hydrogen) atoms. The van der Waals surface area contributed by atoms with Crippen molar-refractivity contribution in [3.63, 3.8) is 0 Å². The largest absolute Gasteiger partial charge is 0.457 e. The van der Waals surface area contributed by atoms with Gasteiger partial charge in [-0.3, -0.25) is 0 Å². The van der Waals surface area contributed by atoms with Crippen LogP contribution in [0.5, 0.6) is 0 Å². The van der Waals surface area contributed by atoms with Crippen LogP contribution in [0.1, 0.15) is 19.8 Å². The lowest BCUT2D eigenvalue weighted by Gasteiger charge is -2.08. The van der Waals surface area contributed by atoms with E-state index >= 15 is 0 Å². The third-order valence-corrected chi connectivity index (χ3v) is 1.21. The lowest BCUT2D eigenvalue weighted by molar-refractivity contribution is -0.158. The van der Waals surface area contributed by atoms with Crippen LogP contribution in [-0.4, -0.2) is 26.1 Å². The fourth-order valence-corrected chi connectivity index (χ4v) is 0.613. The molecular weight excluding hydrogens is 171 g/mol. The molecule has 1 N–H and O–H groups in total. The molecule has 0 unspecified atom stereocenters. The maximum absolute atomic E-state index is 11.5. The first kappa shape index (κ1) is 11.7. The lowest BCUT2D eigenvalue weighted by atomic mass is 10.4. The minimum absolute atomic E-state index is 0.111. The number of hydrogen-bond donors (Lipinski definition) is 1. The third-order valence-electron chi connectivity index (χ3n) is 1.21. The number of nitrogens with one attached hydrogen (secondary N) is 1. The second-order valence-corrected chi connectivity index (χ2v) is 2.39. The van der Waals surface area contributed by atoms with Crippen LogP contribution in [0.15, 0.2) is 0 Å². The van der Waals surface area contributed by atoms with Crippen LogP contribution in [0.3, 0.4) is 0 Å². The number of hydrogen-bond acceptors (Lipinski definition) is 2. The van der Waals surface area contributed by atoms with Gasteiger partial charge in [0.05, 0.1) is 6.61 Å². The second kappa shape index (κ2) is 6.25.